The Morgan fingerprint density at radius 3 is 2.69 bits per heavy atom. The summed E-state index contributed by atoms with van der Waals surface area (Å²) in [6, 6.07) is 0. The fourth-order valence-corrected chi connectivity index (χ4v) is 1.26. The first-order valence-corrected chi connectivity index (χ1v) is 5.64. The minimum atomic E-state index is -0.209. The van der Waals surface area contributed by atoms with Gasteiger partial charge in [-0.1, -0.05) is 13.3 Å². The van der Waals surface area contributed by atoms with E-state index >= 15 is 0 Å². The molecule has 0 rings (SSSR count). The van der Waals surface area contributed by atoms with Crippen LogP contribution in [0.2, 0.25) is 0 Å². The van der Waals surface area contributed by atoms with Gasteiger partial charge in [-0.05, 0) is 6.42 Å². The molecular formula is C11H23N3O2. The number of rotatable bonds is 6. The van der Waals surface area contributed by atoms with Gasteiger partial charge in [-0.15, -0.1) is 0 Å². The summed E-state index contributed by atoms with van der Waals surface area (Å²) < 4.78 is 4.56. The Balaban J connectivity index is 3.87. The normalized spacial score (nSPS) is 11.1. The van der Waals surface area contributed by atoms with Gasteiger partial charge in [0.15, 0.2) is 5.96 Å². The Hall–Kier alpha value is -1.26. The van der Waals surface area contributed by atoms with Crippen molar-refractivity contribution >= 4 is 11.9 Å². The molecule has 0 unspecified atom stereocenters. The highest BCUT2D eigenvalue weighted by molar-refractivity contribution is 5.80. The van der Waals surface area contributed by atoms with Crippen LogP contribution in [0.1, 0.15) is 26.2 Å². The molecule has 5 heteroatoms. The van der Waals surface area contributed by atoms with Crippen LogP contribution < -0.4 is 5.32 Å². The molecule has 0 heterocycles. The third-order valence-electron chi connectivity index (χ3n) is 2.26. The summed E-state index contributed by atoms with van der Waals surface area (Å²) in [5.41, 5.74) is 0. The molecule has 0 atom stereocenters. The first kappa shape index (κ1) is 14.7. The monoisotopic (exact) mass is 229 g/mol. The van der Waals surface area contributed by atoms with Crippen LogP contribution in [-0.2, 0) is 9.53 Å². The van der Waals surface area contributed by atoms with Crippen LogP contribution >= 0.6 is 0 Å². The van der Waals surface area contributed by atoms with Crippen molar-refractivity contribution in [2.45, 2.75) is 26.2 Å². The van der Waals surface area contributed by atoms with Gasteiger partial charge in [-0.2, -0.15) is 0 Å². The number of carbonyl (C=O) groups excluding carboxylic acids is 1. The van der Waals surface area contributed by atoms with Gasteiger partial charge in [0.25, 0.3) is 0 Å². The Bertz CT molecular complexity index is 229. The van der Waals surface area contributed by atoms with Gasteiger partial charge in [-0.25, -0.2) is 0 Å². The van der Waals surface area contributed by atoms with Crippen LogP contribution in [-0.4, -0.2) is 51.1 Å². The second kappa shape index (κ2) is 9.00. The molecular weight excluding hydrogens is 206 g/mol. The molecule has 0 aliphatic rings. The Morgan fingerprint density at radius 2 is 2.19 bits per heavy atom. The van der Waals surface area contributed by atoms with Crippen molar-refractivity contribution in [3.05, 3.63) is 0 Å². The summed E-state index contributed by atoms with van der Waals surface area (Å²) in [6.07, 6.45) is 2.65. The number of hydrogen-bond acceptors (Lipinski definition) is 3. The summed E-state index contributed by atoms with van der Waals surface area (Å²) >= 11 is 0. The molecule has 1 N–H and O–H groups in total. The second-order valence-corrected chi connectivity index (χ2v) is 3.58. The van der Waals surface area contributed by atoms with E-state index in [1.165, 1.54) is 7.11 Å². The van der Waals surface area contributed by atoms with Crippen molar-refractivity contribution in [1.82, 2.24) is 10.2 Å². The van der Waals surface area contributed by atoms with Crippen LogP contribution in [0.3, 0.4) is 0 Å². The topological polar surface area (TPSA) is 53.9 Å². The maximum Gasteiger partial charge on any atom is 0.307 e. The molecule has 0 aliphatic carbocycles. The number of guanidine groups is 1. The van der Waals surface area contributed by atoms with E-state index in [4.69, 9.17) is 0 Å². The van der Waals surface area contributed by atoms with Gasteiger partial charge in [0, 0.05) is 27.2 Å². The molecule has 0 bridgehead atoms. The lowest BCUT2D eigenvalue weighted by molar-refractivity contribution is -0.140. The van der Waals surface area contributed by atoms with E-state index in [-0.39, 0.29) is 5.97 Å². The van der Waals surface area contributed by atoms with E-state index in [1.807, 2.05) is 7.05 Å². The van der Waals surface area contributed by atoms with Crippen LogP contribution in [0.4, 0.5) is 0 Å². The number of esters is 1. The first-order chi connectivity index (χ1) is 7.65. The highest BCUT2D eigenvalue weighted by atomic mass is 16.5. The molecule has 16 heavy (non-hydrogen) atoms. The standard InChI is InChI=1S/C11H23N3O2/c1-5-6-9-14(3)11(12-2)13-8-7-10(15)16-4/h5-9H2,1-4H3,(H,12,13). The van der Waals surface area contributed by atoms with Crippen LogP contribution in [0.15, 0.2) is 4.99 Å². The van der Waals surface area contributed by atoms with Crippen molar-refractivity contribution in [3.63, 3.8) is 0 Å². The van der Waals surface area contributed by atoms with Crippen molar-refractivity contribution in [3.8, 4) is 0 Å². The minimum Gasteiger partial charge on any atom is -0.469 e. The number of unbranched alkanes of at least 4 members (excludes halogenated alkanes) is 1. The average Bonchev–Trinajstić information content (AvgIpc) is 2.31. The number of ether oxygens (including phenoxy) is 1. The quantitative estimate of drug-likeness (QED) is 0.417. The number of aliphatic imine (C=N–C) groups is 1. The van der Waals surface area contributed by atoms with Gasteiger partial charge in [0.2, 0.25) is 0 Å². The third kappa shape index (κ3) is 6.27. The molecule has 0 radical (unpaired) electrons. The molecule has 5 nitrogen and oxygen atoms in total. The van der Waals surface area contributed by atoms with Gasteiger partial charge in [-0.3, -0.25) is 9.79 Å². The molecule has 0 aromatic carbocycles. The van der Waals surface area contributed by atoms with Gasteiger partial charge < -0.3 is 15.0 Å². The highest BCUT2D eigenvalue weighted by Crippen LogP contribution is 1.93. The van der Waals surface area contributed by atoms with Gasteiger partial charge >= 0.3 is 5.97 Å². The number of nitrogens with zero attached hydrogens (tertiary/aromatic N) is 2. The molecule has 94 valence electrons. The van der Waals surface area contributed by atoms with E-state index in [2.05, 4.69) is 26.9 Å². The lowest BCUT2D eigenvalue weighted by Crippen LogP contribution is -2.40. The molecule has 0 aromatic rings. The second-order valence-electron chi connectivity index (χ2n) is 3.58. The third-order valence-corrected chi connectivity index (χ3v) is 2.26. The maximum atomic E-state index is 10.9. The predicted octanol–water partition coefficient (Wildman–Crippen LogP) is 0.857. The first-order valence-electron chi connectivity index (χ1n) is 5.64. The van der Waals surface area contributed by atoms with Crippen molar-refractivity contribution in [1.29, 1.82) is 0 Å². The fraction of sp³-hybridized carbons (Fsp3) is 0.818. The molecule has 0 amide bonds. The zero-order chi connectivity index (χ0) is 12.4. The minimum absolute atomic E-state index is 0.209. The molecule has 0 aromatic heterocycles. The summed E-state index contributed by atoms with van der Waals surface area (Å²) in [4.78, 5) is 17.1. The van der Waals surface area contributed by atoms with Crippen molar-refractivity contribution in [2.75, 3.05) is 34.3 Å². The highest BCUT2D eigenvalue weighted by Gasteiger charge is 2.05. The fourth-order valence-electron chi connectivity index (χ4n) is 1.26. The molecule has 0 saturated heterocycles. The molecule has 0 aliphatic heterocycles. The Kier molecular flexibility index (Phi) is 8.29. The zero-order valence-corrected chi connectivity index (χ0v) is 10.7. The summed E-state index contributed by atoms with van der Waals surface area (Å²) in [5, 5.41) is 3.12. The molecule has 0 fully saturated rings. The lowest BCUT2D eigenvalue weighted by Gasteiger charge is -2.21. The van der Waals surface area contributed by atoms with Crippen molar-refractivity contribution < 1.29 is 9.53 Å². The smallest absolute Gasteiger partial charge is 0.307 e. The average molecular weight is 229 g/mol. The van der Waals surface area contributed by atoms with Gasteiger partial charge in [0.1, 0.15) is 0 Å². The van der Waals surface area contributed by atoms with Crippen LogP contribution in [0.5, 0.6) is 0 Å². The largest absolute Gasteiger partial charge is 0.469 e. The van der Waals surface area contributed by atoms with Crippen LogP contribution in [0.25, 0.3) is 0 Å². The number of methoxy groups -OCH3 is 1. The predicted molar refractivity (Wildman–Crippen MR) is 65.5 cm³/mol. The van der Waals surface area contributed by atoms with Crippen molar-refractivity contribution in [2.24, 2.45) is 4.99 Å². The Morgan fingerprint density at radius 1 is 1.50 bits per heavy atom. The molecule has 0 saturated carbocycles. The van der Waals surface area contributed by atoms with E-state index in [0.717, 1.165) is 25.3 Å². The van der Waals surface area contributed by atoms with E-state index in [1.54, 1.807) is 7.05 Å². The summed E-state index contributed by atoms with van der Waals surface area (Å²) in [5.74, 6) is 0.608. The molecule has 0 spiro atoms. The summed E-state index contributed by atoms with van der Waals surface area (Å²) in [6.45, 7) is 3.67. The van der Waals surface area contributed by atoms with Crippen LogP contribution in [0, 0.1) is 0 Å². The van der Waals surface area contributed by atoms with E-state index in [0.29, 0.717) is 13.0 Å². The number of carbonyl (C=O) groups is 1. The lowest BCUT2D eigenvalue weighted by atomic mass is 10.3. The zero-order valence-electron chi connectivity index (χ0n) is 10.7. The van der Waals surface area contributed by atoms with E-state index < -0.39 is 0 Å². The Labute approximate surface area is 97.9 Å². The number of hydrogen-bond donors (Lipinski definition) is 1. The summed E-state index contributed by atoms with van der Waals surface area (Å²) in [7, 11) is 5.12. The van der Waals surface area contributed by atoms with Gasteiger partial charge in [0.05, 0.1) is 13.5 Å². The van der Waals surface area contributed by atoms with E-state index in [9.17, 15) is 4.79 Å². The maximum absolute atomic E-state index is 10.9. The number of nitrogens with one attached hydrogen (secondary N) is 1. The SMILES string of the molecule is CCCCN(C)C(=NC)NCCC(=O)OC.